The summed E-state index contributed by atoms with van der Waals surface area (Å²) in [5, 5.41) is 4.17. The van der Waals surface area contributed by atoms with Crippen molar-refractivity contribution in [1.82, 2.24) is 10.0 Å². The lowest BCUT2D eigenvalue weighted by Gasteiger charge is -2.13. The molecular weight excluding hydrogens is 150 g/mol. The van der Waals surface area contributed by atoms with Crippen LogP contribution in [0.25, 0.3) is 0 Å². The topological polar surface area (TPSA) is 9.49 Å². The van der Waals surface area contributed by atoms with Crippen LogP contribution in [0, 0.1) is 0 Å². The summed E-state index contributed by atoms with van der Waals surface area (Å²) < 4.78 is 1.74. The van der Waals surface area contributed by atoms with Crippen LogP contribution in [0.1, 0.15) is 0 Å². The van der Waals surface area contributed by atoms with Crippen LogP contribution in [0.2, 0.25) is 0 Å². The summed E-state index contributed by atoms with van der Waals surface area (Å²) >= 11 is 5.86. The van der Waals surface area contributed by atoms with E-state index in [2.05, 4.69) is 5.01 Å². The highest BCUT2D eigenvalue weighted by Gasteiger charge is 2.34. The molecule has 0 N–H and O–H groups in total. The zero-order valence-electron chi connectivity index (χ0n) is 5.79. The summed E-state index contributed by atoms with van der Waals surface area (Å²) in [6.07, 6.45) is 4.02. The molecule has 0 unspecified atom stereocenters. The van der Waals surface area contributed by atoms with Gasteiger partial charge in [0.15, 0.2) is 6.54 Å². The van der Waals surface area contributed by atoms with Gasteiger partial charge in [-0.2, -0.15) is 9.10 Å². The Kier molecular flexibility index (Phi) is 1.14. The van der Waals surface area contributed by atoms with Crippen LogP contribution >= 0.6 is 11.8 Å². The first-order valence-electron chi connectivity index (χ1n) is 3.28. The molecule has 4 heteroatoms. The fourth-order valence-corrected chi connectivity index (χ4v) is 1.50. The summed E-state index contributed by atoms with van der Waals surface area (Å²) in [7, 11) is 2.01. The first kappa shape index (κ1) is 6.04. The van der Waals surface area contributed by atoms with Gasteiger partial charge in [0, 0.05) is 13.2 Å². The predicted octanol–water partition coefficient (Wildman–Crippen LogP) is 0.241. The van der Waals surface area contributed by atoms with Gasteiger partial charge in [-0.3, -0.25) is 0 Å². The number of amidine groups is 1. The summed E-state index contributed by atoms with van der Waals surface area (Å²) in [6.45, 7) is 1.90. The van der Waals surface area contributed by atoms with E-state index in [9.17, 15) is 0 Å². The van der Waals surface area contributed by atoms with E-state index in [0.717, 1.165) is 18.9 Å². The Labute approximate surface area is 64.9 Å². The van der Waals surface area contributed by atoms with Gasteiger partial charge in [0.1, 0.15) is 18.3 Å². The Balaban J connectivity index is 2.35. The standard InChI is InChI=1S/C6H9ClN3/c1-8-3-2-6-9(7)4-5-10(6)8/h2-3H,4-5H2,1H3/q+1. The molecule has 0 saturated heterocycles. The van der Waals surface area contributed by atoms with E-state index in [1.54, 1.807) is 4.09 Å². The third-order valence-corrected chi connectivity index (χ3v) is 2.18. The molecule has 0 radical (unpaired) electrons. The van der Waals surface area contributed by atoms with Gasteiger partial charge in [-0.25, -0.2) is 5.01 Å². The maximum atomic E-state index is 5.86. The number of hydrogen-bond acceptors (Lipinski definition) is 2. The molecule has 2 aliphatic heterocycles. The fourth-order valence-electron chi connectivity index (χ4n) is 1.28. The smallest absolute Gasteiger partial charge is 0.226 e. The molecule has 54 valence electrons. The second kappa shape index (κ2) is 1.89. The minimum absolute atomic E-state index is 0.908. The normalized spacial score (nSPS) is 23.0. The Morgan fingerprint density at radius 1 is 1.70 bits per heavy atom. The third-order valence-electron chi connectivity index (χ3n) is 1.84. The van der Waals surface area contributed by atoms with Gasteiger partial charge >= 0.3 is 5.84 Å². The molecule has 0 aromatic rings. The molecule has 2 rings (SSSR count). The predicted molar refractivity (Wildman–Crippen MR) is 39.6 cm³/mol. The molecule has 0 aromatic heterocycles. The van der Waals surface area contributed by atoms with Crippen molar-refractivity contribution in [2.24, 2.45) is 0 Å². The second-order valence-electron chi connectivity index (χ2n) is 2.46. The van der Waals surface area contributed by atoms with Crippen molar-refractivity contribution in [3.8, 4) is 0 Å². The molecule has 0 aliphatic carbocycles. The van der Waals surface area contributed by atoms with E-state index >= 15 is 0 Å². The lowest BCUT2D eigenvalue weighted by Crippen LogP contribution is -2.33. The van der Waals surface area contributed by atoms with Crippen LogP contribution in [0.4, 0.5) is 0 Å². The van der Waals surface area contributed by atoms with Crippen LogP contribution in [0.15, 0.2) is 12.3 Å². The minimum atomic E-state index is 0.908. The lowest BCUT2D eigenvalue weighted by molar-refractivity contribution is -0.357. The monoisotopic (exact) mass is 158 g/mol. The van der Waals surface area contributed by atoms with Gasteiger partial charge in [-0.15, -0.1) is 0 Å². The van der Waals surface area contributed by atoms with Gasteiger partial charge in [0.05, 0.1) is 6.08 Å². The van der Waals surface area contributed by atoms with E-state index in [1.807, 2.05) is 24.3 Å². The van der Waals surface area contributed by atoms with Gasteiger partial charge in [-0.05, 0) is 0 Å². The van der Waals surface area contributed by atoms with Crippen molar-refractivity contribution < 1.29 is 4.09 Å². The van der Waals surface area contributed by atoms with E-state index in [-0.39, 0.29) is 0 Å². The Hall–Kier alpha value is -0.700. The van der Waals surface area contributed by atoms with Crippen molar-refractivity contribution in [2.45, 2.75) is 0 Å². The highest BCUT2D eigenvalue weighted by atomic mass is 35.5. The van der Waals surface area contributed by atoms with Gasteiger partial charge in [-0.1, -0.05) is 0 Å². The molecule has 3 nitrogen and oxygen atoms in total. The summed E-state index contributed by atoms with van der Waals surface area (Å²) in [5.74, 6) is 1.09. The summed E-state index contributed by atoms with van der Waals surface area (Å²) in [6, 6.07) is 0. The van der Waals surface area contributed by atoms with Crippen LogP contribution in [-0.2, 0) is 0 Å². The van der Waals surface area contributed by atoms with Crippen molar-refractivity contribution in [2.75, 3.05) is 20.1 Å². The van der Waals surface area contributed by atoms with Crippen LogP contribution in [0.5, 0.6) is 0 Å². The second-order valence-corrected chi connectivity index (χ2v) is 2.86. The third kappa shape index (κ3) is 0.639. The van der Waals surface area contributed by atoms with E-state index in [4.69, 9.17) is 11.8 Å². The summed E-state index contributed by atoms with van der Waals surface area (Å²) in [4.78, 5) is 0. The van der Waals surface area contributed by atoms with Gasteiger partial charge < -0.3 is 0 Å². The number of nitrogens with zero attached hydrogens (tertiary/aromatic N) is 3. The van der Waals surface area contributed by atoms with Crippen LogP contribution in [0.3, 0.4) is 0 Å². The van der Waals surface area contributed by atoms with Crippen molar-refractivity contribution in [1.29, 1.82) is 0 Å². The number of fused-ring (bicyclic) bond motifs is 1. The average molecular weight is 159 g/mol. The largest absolute Gasteiger partial charge is 0.314 e. The molecule has 0 amide bonds. The summed E-state index contributed by atoms with van der Waals surface area (Å²) in [5.41, 5.74) is 0. The SMILES string of the molecule is CN1C=CC2=[N+](Cl)CCN21. The fraction of sp³-hybridized carbons (Fsp3) is 0.500. The first-order valence-corrected chi connectivity index (χ1v) is 3.61. The zero-order valence-corrected chi connectivity index (χ0v) is 6.54. The number of rotatable bonds is 0. The van der Waals surface area contributed by atoms with Crippen molar-refractivity contribution in [3.05, 3.63) is 12.3 Å². The Morgan fingerprint density at radius 3 is 3.20 bits per heavy atom. The van der Waals surface area contributed by atoms with Crippen molar-refractivity contribution in [3.63, 3.8) is 0 Å². The average Bonchev–Trinajstić information content (AvgIpc) is 2.41. The molecule has 0 saturated carbocycles. The van der Waals surface area contributed by atoms with Crippen molar-refractivity contribution >= 4 is 17.6 Å². The highest BCUT2D eigenvalue weighted by Crippen LogP contribution is 2.13. The van der Waals surface area contributed by atoms with E-state index in [1.165, 1.54) is 0 Å². The highest BCUT2D eigenvalue weighted by molar-refractivity contribution is 6.10. The maximum Gasteiger partial charge on any atom is 0.314 e. The minimum Gasteiger partial charge on any atom is -0.226 e. The number of hydrogen-bond donors (Lipinski definition) is 0. The molecule has 0 atom stereocenters. The molecule has 0 fully saturated rings. The molecule has 0 spiro atoms. The molecular formula is C6H9ClN3+. The maximum absolute atomic E-state index is 5.86. The van der Waals surface area contributed by atoms with Crippen LogP contribution in [-0.4, -0.2) is 40.1 Å². The lowest BCUT2D eigenvalue weighted by atomic mass is 10.6. The first-order chi connectivity index (χ1) is 4.79. The van der Waals surface area contributed by atoms with Gasteiger partial charge in [0.2, 0.25) is 0 Å². The molecule has 2 heterocycles. The Bertz CT molecular complexity index is 221. The zero-order chi connectivity index (χ0) is 7.14. The molecule has 2 aliphatic rings. The Morgan fingerprint density at radius 2 is 2.50 bits per heavy atom. The molecule has 0 aromatic carbocycles. The number of hydrazine groups is 1. The van der Waals surface area contributed by atoms with Gasteiger partial charge in [0.25, 0.3) is 0 Å². The quantitative estimate of drug-likeness (QED) is 0.468. The van der Waals surface area contributed by atoms with E-state index in [0.29, 0.717) is 0 Å². The van der Waals surface area contributed by atoms with E-state index < -0.39 is 0 Å². The molecule has 10 heavy (non-hydrogen) atoms. The molecule has 0 bridgehead atoms. The van der Waals surface area contributed by atoms with Crippen LogP contribution < -0.4 is 0 Å². The number of halogens is 1.